The smallest absolute Gasteiger partial charge is 0.326 e. The van der Waals surface area contributed by atoms with Crippen LogP contribution in [-0.2, 0) is 6.54 Å². The first-order chi connectivity index (χ1) is 16.7. The molecular formula is C28H28N4O2. The molecule has 1 aromatic heterocycles. The second-order valence-corrected chi connectivity index (χ2v) is 7.95. The van der Waals surface area contributed by atoms with E-state index in [1.165, 1.54) is 4.68 Å². The zero-order valence-corrected chi connectivity index (χ0v) is 19.0. The van der Waals surface area contributed by atoms with E-state index in [4.69, 9.17) is 0 Å². The number of benzene rings is 3. The van der Waals surface area contributed by atoms with Crippen molar-refractivity contribution in [3.05, 3.63) is 113 Å². The van der Waals surface area contributed by atoms with E-state index in [2.05, 4.69) is 10.4 Å². The minimum atomic E-state index is -0.161. The lowest BCUT2D eigenvalue weighted by atomic mass is 10.1. The van der Waals surface area contributed by atoms with Crippen LogP contribution >= 0.6 is 0 Å². The van der Waals surface area contributed by atoms with Gasteiger partial charge in [-0.2, -0.15) is 5.10 Å². The number of hydrogen-bond acceptors (Lipinski definition) is 3. The summed E-state index contributed by atoms with van der Waals surface area (Å²) in [6, 6.07) is 32.2. The number of carbonyl (C=O) groups is 1. The summed E-state index contributed by atoms with van der Waals surface area (Å²) in [6.07, 6.45) is 2.50. The average molecular weight is 453 g/mol. The van der Waals surface area contributed by atoms with E-state index in [1.807, 2.05) is 91.0 Å². The van der Waals surface area contributed by atoms with Crippen molar-refractivity contribution >= 4 is 17.4 Å². The van der Waals surface area contributed by atoms with Gasteiger partial charge in [0.2, 0.25) is 0 Å². The molecule has 0 spiro atoms. The summed E-state index contributed by atoms with van der Waals surface area (Å²) >= 11 is 0. The minimum absolute atomic E-state index is 0.102. The van der Waals surface area contributed by atoms with Crippen molar-refractivity contribution in [1.82, 2.24) is 15.1 Å². The van der Waals surface area contributed by atoms with Crippen LogP contribution in [0.2, 0.25) is 0 Å². The van der Waals surface area contributed by atoms with Crippen molar-refractivity contribution in [3.8, 4) is 11.3 Å². The predicted octanol–water partition coefficient (Wildman–Crippen LogP) is 5.63. The third-order valence-electron chi connectivity index (χ3n) is 5.49. The fraction of sp³-hybridized carbons (Fsp3) is 0.179. The fourth-order valence-electron chi connectivity index (χ4n) is 3.75. The molecule has 1 N–H and O–H groups in total. The summed E-state index contributed by atoms with van der Waals surface area (Å²) in [5, 5.41) is 7.53. The summed E-state index contributed by atoms with van der Waals surface area (Å²) < 4.78 is 1.52. The molecule has 3 aromatic carbocycles. The van der Waals surface area contributed by atoms with Gasteiger partial charge in [-0.25, -0.2) is 9.48 Å². The third kappa shape index (κ3) is 5.98. The molecule has 0 radical (unpaired) electrons. The van der Waals surface area contributed by atoms with Gasteiger partial charge in [-0.05, 0) is 49.6 Å². The number of nitrogens with one attached hydrogen (secondary N) is 1. The molecule has 0 aliphatic rings. The number of rotatable bonds is 9. The highest BCUT2D eigenvalue weighted by atomic mass is 16.2. The van der Waals surface area contributed by atoms with Crippen LogP contribution in [-0.4, -0.2) is 22.4 Å². The van der Waals surface area contributed by atoms with Crippen molar-refractivity contribution in [2.75, 3.05) is 11.4 Å². The number of urea groups is 1. The number of nitrogens with zero attached hydrogens (tertiary/aromatic N) is 3. The van der Waals surface area contributed by atoms with Crippen LogP contribution in [0.5, 0.6) is 0 Å². The highest BCUT2D eigenvalue weighted by Crippen LogP contribution is 2.24. The van der Waals surface area contributed by atoms with E-state index < -0.39 is 0 Å². The number of carbonyl (C=O) groups excluding carboxylic acids is 1. The molecule has 34 heavy (non-hydrogen) atoms. The molecule has 0 aliphatic carbocycles. The van der Waals surface area contributed by atoms with Gasteiger partial charge in [0.15, 0.2) is 0 Å². The first-order valence-electron chi connectivity index (χ1n) is 11.5. The molecule has 2 amide bonds. The van der Waals surface area contributed by atoms with E-state index in [9.17, 15) is 9.59 Å². The molecule has 4 rings (SSSR count). The molecule has 0 bridgehead atoms. The van der Waals surface area contributed by atoms with E-state index >= 15 is 0 Å². The lowest BCUT2D eigenvalue weighted by Crippen LogP contribution is -2.37. The Morgan fingerprint density at radius 1 is 0.735 bits per heavy atom. The van der Waals surface area contributed by atoms with Crippen LogP contribution in [0, 0.1) is 0 Å². The highest BCUT2D eigenvalue weighted by molar-refractivity contribution is 5.99. The zero-order valence-electron chi connectivity index (χ0n) is 19.0. The highest BCUT2D eigenvalue weighted by Gasteiger charge is 2.17. The Balaban J connectivity index is 1.28. The van der Waals surface area contributed by atoms with Crippen molar-refractivity contribution in [1.29, 1.82) is 0 Å². The van der Waals surface area contributed by atoms with Crippen LogP contribution in [0.4, 0.5) is 16.2 Å². The topological polar surface area (TPSA) is 67.2 Å². The summed E-state index contributed by atoms with van der Waals surface area (Å²) in [6.45, 7) is 1.11. The molecule has 0 unspecified atom stereocenters. The van der Waals surface area contributed by atoms with Gasteiger partial charge in [0, 0.05) is 24.7 Å². The monoisotopic (exact) mass is 452 g/mol. The molecule has 6 nitrogen and oxygen atoms in total. The Bertz CT molecular complexity index is 1200. The van der Waals surface area contributed by atoms with Crippen molar-refractivity contribution < 1.29 is 4.79 Å². The lowest BCUT2D eigenvalue weighted by molar-refractivity contribution is 0.248. The Labute approximate surface area is 199 Å². The van der Waals surface area contributed by atoms with Gasteiger partial charge in [0.05, 0.1) is 17.1 Å². The number of amides is 2. The van der Waals surface area contributed by atoms with Crippen LogP contribution < -0.4 is 15.8 Å². The van der Waals surface area contributed by atoms with E-state index in [0.29, 0.717) is 13.1 Å². The van der Waals surface area contributed by atoms with E-state index in [0.717, 1.165) is 41.9 Å². The number of aryl methyl sites for hydroxylation is 1. The number of para-hydroxylation sites is 2. The molecule has 172 valence electrons. The second kappa shape index (κ2) is 11.6. The fourth-order valence-corrected chi connectivity index (χ4v) is 3.75. The van der Waals surface area contributed by atoms with Crippen molar-refractivity contribution in [2.45, 2.75) is 25.8 Å². The number of aromatic nitrogens is 2. The van der Waals surface area contributed by atoms with Gasteiger partial charge in [-0.1, -0.05) is 66.7 Å². The molecule has 0 aliphatic heterocycles. The standard InChI is InChI=1S/C28H28N4O2/c33-27-20-19-26(23-13-5-1-6-14-23)30-31(27)22-12-4-11-21-29-28(34)32(24-15-7-2-8-16-24)25-17-9-3-10-18-25/h1-3,5-10,13-20H,4,11-12,21-22H2,(H,29,34). The van der Waals surface area contributed by atoms with Gasteiger partial charge < -0.3 is 5.32 Å². The molecular weight excluding hydrogens is 424 g/mol. The van der Waals surface area contributed by atoms with E-state index in [1.54, 1.807) is 17.0 Å². The average Bonchev–Trinajstić information content (AvgIpc) is 2.89. The molecule has 6 heteroatoms. The summed E-state index contributed by atoms with van der Waals surface area (Å²) in [5.74, 6) is 0. The predicted molar refractivity (Wildman–Crippen MR) is 136 cm³/mol. The van der Waals surface area contributed by atoms with Crippen molar-refractivity contribution in [2.24, 2.45) is 0 Å². The second-order valence-electron chi connectivity index (χ2n) is 7.95. The maximum absolute atomic E-state index is 13.0. The van der Waals surface area contributed by atoms with Gasteiger partial charge in [0.25, 0.3) is 5.56 Å². The van der Waals surface area contributed by atoms with Gasteiger partial charge in [-0.3, -0.25) is 9.69 Å². The van der Waals surface area contributed by atoms with E-state index in [-0.39, 0.29) is 11.6 Å². The van der Waals surface area contributed by atoms with Crippen LogP contribution in [0.25, 0.3) is 11.3 Å². The quantitative estimate of drug-likeness (QED) is 0.335. The largest absolute Gasteiger partial charge is 0.337 e. The Kier molecular flexibility index (Phi) is 7.85. The number of unbranched alkanes of at least 4 members (excludes halogenated alkanes) is 2. The SMILES string of the molecule is O=C(NCCCCCn1nc(-c2ccccc2)ccc1=O)N(c1ccccc1)c1ccccc1. The summed E-state index contributed by atoms with van der Waals surface area (Å²) in [4.78, 5) is 26.8. The zero-order chi connectivity index (χ0) is 23.6. The normalized spacial score (nSPS) is 10.6. The van der Waals surface area contributed by atoms with Crippen LogP contribution in [0.15, 0.2) is 108 Å². The van der Waals surface area contributed by atoms with Gasteiger partial charge in [0.1, 0.15) is 0 Å². The summed E-state index contributed by atoms with van der Waals surface area (Å²) in [5.41, 5.74) is 3.30. The molecule has 0 atom stereocenters. The molecule has 0 saturated carbocycles. The lowest BCUT2D eigenvalue weighted by Gasteiger charge is -2.23. The number of anilines is 2. The minimum Gasteiger partial charge on any atom is -0.337 e. The molecule has 4 aromatic rings. The Morgan fingerprint density at radius 2 is 1.32 bits per heavy atom. The Hall–Kier alpha value is -4.19. The molecule has 1 heterocycles. The maximum atomic E-state index is 13.0. The van der Waals surface area contributed by atoms with Gasteiger partial charge in [-0.15, -0.1) is 0 Å². The van der Waals surface area contributed by atoms with Gasteiger partial charge >= 0.3 is 6.03 Å². The Morgan fingerprint density at radius 3 is 1.94 bits per heavy atom. The van der Waals surface area contributed by atoms with Crippen LogP contribution in [0.1, 0.15) is 19.3 Å². The first-order valence-corrected chi connectivity index (χ1v) is 11.5. The molecule has 0 saturated heterocycles. The molecule has 0 fully saturated rings. The maximum Gasteiger partial charge on any atom is 0.326 e. The number of hydrogen-bond donors (Lipinski definition) is 1. The third-order valence-corrected chi connectivity index (χ3v) is 5.49. The first kappa shape index (κ1) is 23.0. The van der Waals surface area contributed by atoms with Crippen molar-refractivity contribution in [3.63, 3.8) is 0 Å². The summed E-state index contributed by atoms with van der Waals surface area (Å²) in [7, 11) is 0. The van der Waals surface area contributed by atoms with Crippen LogP contribution in [0.3, 0.4) is 0 Å².